The average Bonchev–Trinajstić information content (AvgIpc) is 2.41. The molecule has 0 saturated heterocycles. The molecule has 0 aliphatic rings. The fraction of sp³-hybridized carbons (Fsp3) is 0.400. The number of aromatic nitrogens is 2. The van der Waals surface area contributed by atoms with Gasteiger partial charge in [0.1, 0.15) is 0 Å². The molecule has 15 heavy (non-hydrogen) atoms. The second-order valence-electron chi connectivity index (χ2n) is 2.43. The van der Waals surface area contributed by atoms with Crippen LogP contribution in [0.5, 0.6) is 0 Å². The van der Waals surface area contributed by atoms with Crippen LogP contribution in [0.1, 0.15) is 31.6 Å². The van der Waals surface area contributed by atoms with Gasteiger partial charge in [0.2, 0.25) is 0 Å². The second-order valence-corrected chi connectivity index (χ2v) is 2.43. The van der Waals surface area contributed by atoms with Crippen molar-refractivity contribution in [3.63, 3.8) is 0 Å². The van der Waals surface area contributed by atoms with Crippen molar-refractivity contribution in [2.75, 3.05) is 0 Å². The van der Waals surface area contributed by atoms with Crippen LogP contribution in [0.2, 0.25) is 0 Å². The number of hydrogen-bond acceptors (Lipinski definition) is 2. The summed E-state index contributed by atoms with van der Waals surface area (Å²) < 4.78 is 1.82. The Kier molecular flexibility index (Phi) is 15.8. The molecule has 5 heteroatoms. The molecule has 0 atom stereocenters. The van der Waals surface area contributed by atoms with E-state index < -0.39 is 0 Å². The molecule has 0 N–H and O–H groups in total. The van der Waals surface area contributed by atoms with Gasteiger partial charge in [0.25, 0.3) is 0 Å². The van der Waals surface area contributed by atoms with Crippen molar-refractivity contribution < 1.29 is 95.7 Å². The molecule has 0 saturated carbocycles. The normalized spacial score (nSPS) is 8.13. The Morgan fingerprint density at radius 2 is 2.07 bits per heavy atom. The molecule has 0 aromatic carbocycles. The van der Waals surface area contributed by atoms with Crippen LogP contribution in [0.15, 0.2) is 0 Å². The second kappa shape index (κ2) is 10.8. The number of imidazole rings is 1. The summed E-state index contributed by atoms with van der Waals surface area (Å²) in [6, 6.07) is 0. The van der Waals surface area contributed by atoms with Crippen molar-refractivity contribution in [2.45, 2.75) is 27.3 Å². The number of hydrogen-bond donors (Lipinski definition) is 0. The molecule has 0 bridgehead atoms. The first kappa shape index (κ1) is 21.9. The Morgan fingerprint density at radius 1 is 1.53 bits per heavy atom. The van der Waals surface area contributed by atoms with Crippen molar-refractivity contribution >= 4 is 6.29 Å². The maximum atomic E-state index is 10.4. The Hall–Kier alpha value is 1.66. The van der Waals surface area contributed by atoms with Crippen LogP contribution in [0.4, 0.5) is 0 Å². The summed E-state index contributed by atoms with van der Waals surface area (Å²) in [4.78, 5) is 14.4. The van der Waals surface area contributed by atoms with E-state index in [9.17, 15) is 4.79 Å². The van der Waals surface area contributed by atoms with Gasteiger partial charge in [-0.2, -0.15) is 5.69 Å². The SMILES string of the molecule is C.[CH2-]Cn1c(CC)nc([C-]=O)c1[CH2-].[Rb+].[Y]. The topological polar surface area (TPSA) is 34.9 Å². The van der Waals surface area contributed by atoms with Gasteiger partial charge >= 0.3 is 58.2 Å². The van der Waals surface area contributed by atoms with Gasteiger partial charge in [0.15, 0.2) is 0 Å². The fourth-order valence-corrected chi connectivity index (χ4v) is 1.15. The maximum absolute atomic E-state index is 10.4. The number of carbonyl (C=O) groups excluding carboxylic acids is 1. The monoisotopic (exact) mass is 353 g/mol. The Bertz CT molecular complexity index is 300. The molecule has 1 aromatic heterocycles. The van der Waals surface area contributed by atoms with E-state index in [1.54, 1.807) is 6.29 Å². The molecule has 1 aromatic rings. The quantitative estimate of drug-likeness (QED) is 0.624. The Labute approximate surface area is 166 Å². The van der Waals surface area contributed by atoms with E-state index in [1.807, 2.05) is 11.5 Å². The smallest absolute Gasteiger partial charge is 0.471 e. The predicted molar refractivity (Wildman–Crippen MR) is 52.9 cm³/mol. The van der Waals surface area contributed by atoms with E-state index >= 15 is 0 Å². The standard InChI is InChI=1S/C9H11N2O.CH4.Rb.Y/c1-4-9-10-8(6-12)7(3)11(9)5-2;;;/h2-5H2,1H3;1H4;;/q-3;;+1;. The third-order valence-electron chi connectivity index (χ3n) is 1.79. The van der Waals surface area contributed by atoms with Gasteiger partial charge in [-0.05, 0) is 6.42 Å². The van der Waals surface area contributed by atoms with E-state index in [2.05, 4.69) is 18.8 Å². The van der Waals surface area contributed by atoms with Crippen molar-refractivity contribution in [1.29, 1.82) is 0 Å². The van der Waals surface area contributed by atoms with Crippen LogP contribution in [-0.4, -0.2) is 15.8 Å². The molecule has 1 heterocycles. The van der Waals surface area contributed by atoms with Crippen LogP contribution in [0.25, 0.3) is 0 Å². The molecule has 0 aliphatic heterocycles. The summed E-state index contributed by atoms with van der Waals surface area (Å²) in [6.07, 6.45) is 2.53. The predicted octanol–water partition coefficient (Wildman–Crippen LogP) is -1.44. The molecule has 1 radical (unpaired) electrons. The Morgan fingerprint density at radius 3 is 2.33 bits per heavy atom. The van der Waals surface area contributed by atoms with Crippen LogP contribution in [-0.2, 0) is 50.5 Å². The largest absolute Gasteiger partial charge is 1.00 e. The molecule has 0 spiro atoms. The van der Waals surface area contributed by atoms with Gasteiger partial charge in [0.05, 0.1) is 5.82 Å². The van der Waals surface area contributed by atoms with Gasteiger partial charge in [-0.15, -0.1) is 6.54 Å². The van der Waals surface area contributed by atoms with Gasteiger partial charge in [0, 0.05) is 32.7 Å². The van der Waals surface area contributed by atoms with Gasteiger partial charge in [-0.25, -0.2) is 0 Å². The zero-order valence-electron chi connectivity index (χ0n) is 8.71. The van der Waals surface area contributed by atoms with Crippen molar-refractivity contribution in [1.82, 2.24) is 9.55 Å². The van der Waals surface area contributed by atoms with E-state index in [4.69, 9.17) is 0 Å². The van der Waals surface area contributed by atoms with E-state index in [0.29, 0.717) is 17.9 Å². The van der Waals surface area contributed by atoms with Crippen LogP contribution >= 0.6 is 0 Å². The van der Waals surface area contributed by atoms with Crippen LogP contribution < -0.4 is 58.2 Å². The zero-order chi connectivity index (χ0) is 9.14. The van der Waals surface area contributed by atoms with Crippen molar-refractivity contribution in [2.24, 2.45) is 0 Å². The first-order valence-corrected chi connectivity index (χ1v) is 3.83. The van der Waals surface area contributed by atoms with Crippen LogP contribution in [0, 0.1) is 13.8 Å². The number of aryl methyl sites for hydroxylation is 1. The summed E-state index contributed by atoms with van der Waals surface area (Å²) in [5, 5.41) is 0. The molecule has 1 rings (SSSR count). The molecular formula is C10H15N2ORbY-2. The average molecular weight is 354 g/mol. The molecule has 0 amide bonds. The fourth-order valence-electron chi connectivity index (χ4n) is 1.15. The van der Waals surface area contributed by atoms with Crippen LogP contribution in [0.3, 0.4) is 0 Å². The zero-order valence-corrected chi connectivity index (χ0v) is 16.5. The third kappa shape index (κ3) is 5.22. The first-order valence-electron chi connectivity index (χ1n) is 3.83. The summed E-state index contributed by atoms with van der Waals surface area (Å²) in [7, 11) is 0. The van der Waals surface area contributed by atoms with E-state index in [0.717, 1.165) is 12.2 Å². The van der Waals surface area contributed by atoms with Gasteiger partial charge in [-0.3, -0.25) is 5.69 Å². The number of rotatable bonds is 3. The molecular weight excluding hydrogens is 338 g/mol. The molecule has 0 unspecified atom stereocenters. The van der Waals surface area contributed by atoms with Gasteiger partial charge in [-0.1, -0.05) is 20.6 Å². The van der Waals surface area contributed by atoms with E-state index in [1.165, 1.54) is 0 Å². The summed E-state index contributed by atoms with van der Waals surface area (Å²) in [6.45, 7) is 9.98. The minimum absolute atomic E-state index is 0. The third-order valence-corrected chi connectivity index (χ3v) is 1.79. The molecule has 0 fully saturated rings. The van der Waals surface area contributed by atoms with E-state index in [-0.39, 0.29) is 98.3 Å². The van der Waals surface area contributed by atoms with Crippen molar-refractivity contribution in [3.8, 4) is 0 Å². The minimum Gasteiger partial charge on any atom is -0.471 e. The minimum atomic E-state index is 0. The summed E-state index contributed by atoms with van der Waals surface area (Å²) in [5.74, 6) is 0.841. The summed E-state index contributed by atoms with van der Waals surface area (Å²) in [5.41, 5.74) is 0.910. The Balaban J connectivity index is -0.000000480. The summed E-state index contributed by atoms with van der Waals surface area (Å²) >= 11 is 0. The first-order chi connectivity index (χ1) is 5.74. The molecule has 3 nitrogen and oxygen atoms in total. The number of nitrogens with zero attached hydrogens (tertiary/aromatic N) is 2. The molecule has 77 valence electrons. The maximum Gasteiger partial charge on any atom is 1.00 e. The van der Waals surface area contributed by atoms with Gasteiger partial charge < -0.3 is 28.2 Å². The molecule has 0 aliphatic carbocycles. The van der Waals surface area contributed by atoms with Crippen molar-refractivity contribution in [3.05, 3.63) is 31.1 Å².